The van der Waals surface area contributed by atoms with Gasteiger partial charge in [0.15, 0.2) is 6.10 Å². The molecule has 1 aromatic rings. The second-order valence-corrected chi connectivity index (χ2v) is 4.69. The number of aromatic nitrogens is 2. The van der Waals surface area contributed by atoms with E-state index in [0.29, 0.717) is 19.7 Å². The van der Waals surface area contributed by atoms with Crippen LogP contribution in [-0.2, 0) is 14.3 Å². The molecule has 17 heavy (non-hydrogen) atoms. The Kier molecular flexibility index (Phi) is 4.11. The number of ether oxygens (including phenoxy) is 2. The first-order chi connectivity index (χ1) is 8.22. The van der Waals surface area contributed by atoms with E-state index in [4.69, 9.17) is 4.74 Å². The lowest BCUT2D eigenvalue weighted by Crippen LogP contribution is -2.47. The van der Waals surface area contributed by atoms with Gasteiger partial charge >= 0.3 is 5.97 Å². The molecule has 0 amide bonds. The Balaban J connectivity index is 2.12. The van der Waals surface area contributed by atoms with E-state index in [9.17, 15) is 4.79 Å². The summed E-state index contributed by atoms with van der Waals surface area (Å²) in [7, 11) is 1.36. The van der Waals surface area contributed by atoms with Crippen LogP contribution in [0.2, 0.25) is 0 Å². The summed E-state index contributed by atoms with van der Waals surface area (Å²) in [5, 5.41) is 0. The maximum absolute atomic E-state index is 11.4. The first kappa shape index (κ1) is 12.5. The van der Waals surface area contributed by atoms with Crippen LogP contribution in [0.5, 0.6) is 0 Å². The number of rotatable bonds is 2. The molecule has 1 fully saturated rings. The molecule has 1 atom stereocenters. The van der Waals surface area contributed by atoms with E-state index in [1.165, 1.54) is 13.4 Å². The molecule has 2 heterocycles. The van der Waals surface area contributed by atoms with Crippen LogP contribution in [0, 0.1) is 3.57 Å². The van der Waals surface area contributed by atoms with Gasteiger partial charge in [0.1, 0.15) is 12.1 Å². The summed E-state index contributed by atoms with van der Waals surface area (Å²) in [4.78, 5) is 21.6. The Morgan fingerprint density at radius 2 is 2.53 bits per heavy atom. The lowest BCUT2D eigenvalue weighted by atomic mass is 10.2. The minimum atomic E-state index is -0.542. The van der Waals surface area contributed by atoms with Crippen LogP contribution in [0.3, 0.4) is 0 Å². The lowest BCUT2D eigenvalue weighted by molar-refractivity contribution is -0.154. The van der Waals surface area contributed by atoms with Crippen molar-refractivity contribution in [3.05, 3.63) is 16.1 Å². The number of morpholine rings is 1. The topological polar surface area (TPSA) is 64.5 Å². The van der Waals surface area contributed by atoms with Crippen molar-refractivity contribution in [2.24, 2.45) is 0 Å². The molecule has 0 aromatic carbocycles. The summed E-state index contributed by atoms with van der Waals surface area (Å²) in [6.07, 6.45) is 2.70. The maximum Gasteiger partial charge on any atom is 0.336 e. The third kappa shape index (κ3) is 2.83. The fourth-order valence-electron chi connectivity index (χ4n) is 1.65. The van der Waals surface area contributed by atoms with Gasteiger partial charge in [0, 0.05) is 12.7 Å². The fraction of sp³-hybridized carbons (Fsp3) is 0.500. The Labute approximate surface area is 112 Å². The lowest BCUT2D eigenvalue weighted by Gasteiger charge is -2.32. The Morgan fingerprint density at radius 1 is 1.71 bits per heavy atom. The standard InChI is InChI=1S/C10H12IN3O3/c1-16-10(15)8-5-14(2-3-17-8)9-7(11)4-12-6-13-9/h4,6,8H,2-3,5H2,1H3. The summed E-state index contributed by atoms with van der Waals surface area (Å²) in [6.45, 7) is 1.65. The molecule has 1 aromatic heterocycles. The molecule has 2 rings (SSSR count). The summed E-state index contributed by atoms with van der Waals surface area (Å²) < 4.78 is 11.0. The zero-order valence-corrected chi connectivity index (χ0v) is 11.5. The molecule has 6 nitrogen and oxygen atoms in total. The summed E-state index contributed by atoms with van der Waals surface area (Å²) in [6, 6.07) is 0. The van der Waals surface area contributed by atoms with Gasteiger partial charge in [0.2, 0.25) is 0 Å². The molecule has 0 N–H and O–H groups in total. The van der Waals surface area contributed by atoms with Crippen LogP contribution in [0.25, 0.3) is 0 Å². The van der Waals surface area contributed by atoms with Crippen LogP contribution in [0.4, 0.5) is 5.82 Å². The van der Waals surface area contributed by atoms with Crippen molar-refractivity contribution in [3.8, 4) is 0 Å². The fourth-order valence-corrected chi connectivity index (χ4v) is 2.30. The Hall–Kier alpha value is -0.960. The van der Waals surface area contributed by atoms with Crippen molar-refractivity contribution in [1.82, 2.24) is 9.97 Å². The average molecular weight is 349 g/mol. The minimum absolute atomic E-state index is 0.348. The van der Waals surface area contributed by atoms with E-state index in [0.717, 1.165) is 9.39 Å². The van der Waals surface area contributed by atoms with Gasteiger partial charge in [-0.1, -0.05) is 0 Å². The van der Waals surface area contributed by atoms with Gasteiger partial charge in [-0.25, -0.2) is 14.8 Å². The van der Waals surface area contributed by atoms with Crippen LogP contribution < -0.4 is 4.90 Å². The zero-order valence-electron chi connectivity index (χ0n) is 9.30. The van der Waals surface area contributed by atoms with Gasteiger partial charge in [-0.2, -0.15) is 0 Å². The van der Waals surface area contributed by atoms with E-state index < -0.39 is 6.10 Å². The number of carbonyl (C=O) groups excluding carboxylic acids is 1. The molecule has 7 heteroatoms. The van der Waals surface area contributed by atoms with Crippen LogP contribution in [0.15, 0.2) is 12.5 Å². The smallest absolute Gasteiger partial charge is 0.336 e. The number of anilines is 1. The molecule has 92 valence electrons. The molecule has 0 radical (unpaired) electrons. The maximum atomic E-state index is 11.4. The number of halogens is 1. The highest BCUT2D eigenvalue weighted by molar-refractivity contribution is 14.1. The monoisotopic (exact) mass is 349 g/mol. The van der Waals surface area contributed by atoms with Gasteiger partial charge in [0.25, 0.3) is 0 Å². The number of hydrogen-bond acceptors (Lipinski definition) is 6. The number of carbonyl (C=O) groups is 1. The predicted octanol–water partition coefficient (Wildman–Crippen LogP) is 0.459. The van der Waals surface area contributed by atoms with E-state index >= 15 is 0 Å². The predicted molar refractivity (Wildman–Crippen MR) is 68.7 cm³/mol. The third-order valence-corrected chi connectivity index (χ3v) is 3.24. The number of methoxy groups -OCH3 is 1. The molecule has 1 saturated heterocycles. The number of esters is 1. The third-order valence-electron chi connectivity index (χ3n) is 2.48. The van der Waals surface area contributed by atoms with Crippen LogP contribution >= 0.6 is 22.6 Å². The summed E-state index contributed by atoms with van der Waals surface area (Å²) in [5.41, 5.74) is 0. The highest BCUT2D eigenvalue weighted by atomic mass is 127. The highest BCUT2D eigenvalue weighted by Gasteiger charge is 2.28. The summed E-state index contributed by atoms with van der Waals surface area (Å²) in [5.74, 6) is 0.483. The van der Waals surface area contributed by atoms with E-state index in [2.05, 4.69) is 37.3 Å². The highest BCUT2D eigenvalue weighted by Crippen LogP contribution is 2.20. The molecular weight excluding hydrogens is 337 g/mol. The average Bonchev–Trinajstić information content (AvgIpc) is 2.38. The van der Waals surface area contributed by atoms with Gasteiger partial charge < -0.3 is 14.4 Å². The second kappa shape index (κ2) is 5.58. The first-order valence-corrected chi connectivity index (χ1v) is 6.20. The van der Waals surface area contributed by atoms with E-state index in [-0.39, 0.29) is 5.97 Å². The van der Waals surface area contributed by atoms with Crippen molar-refractivity contribution in [3.63, 3.8) is 0 Å². The van der Waals surface area contributed by atoms with Crippen molar-refractivity contribution in [2.45, 2.75) is 6.10 Å². The molecule has 0 aliphatic carbocycles. The largest absolute Gasteiger partial charge is 0.467 e. The first-order valence-electron chi connectivity index (χ1n) is 5.12. The SMILES string of the molecule is COC(=O)C1CN(c2ncncc2I)CCO1. The second-order valence-electron chi connectivity index (χ2n) is 3.52. The Bertz CT molecular complexity index is 416. The van der Waals surface area contributed by atoms with Gasteiger partial charge in [-0.05, 0) is 22.6 Å². The van der Waals surface area contributed by atoms with E-state index in [1.54, 1.807) is 6.20 Å². The van der Waals surface area contributed by atoms with Crippen molar-refractivity contribution in [2.75, 3.05) is 31.7 Å². The van der Waals surface area contributed by atoms with Gasteiger partial charge in [0.05, 0.1) is 23.8 Å². The van der Waals surface area contributed by atoms with Crippen molar-refractivity contribution < 1.29 is 14.3 Å². The Morgan fingerprint density at radius 3 is 3.24 bits per heavy atom. The zero-order chi connectivity index (χ0) is 12.3. The van der Waals surface area contributed by atoms with Crippen LogP contribution in [0.1, 0.15) is 0 Å². The van der Waals surface area contributed by atoms with Crippen molar-refractivity contribution >= 4 is 34.4 Å². The molecule has 0 saturated carbocycles. The molecule has 1 aliphatic rings. The van der Waals surface area contributed by atoms with Gasteiger partial charge in [-0.3, -0.25) is 0 Å². The molecule has 0 bridgehead atoms. The number of nitrogens with zero attached hydrogens (tertiary/aromatic N) is 3. The van der Waals surface area contributed by atoms with Gasteiger partial charge in [-0.15, -0.1) is 0 Å². The molecular formula is C10H12IN3O3. The molecule has 1 unspecified atom stereocenters. The van der Waals surface area contributed by atoms with E-state index in [1.807, 2.05) is 4.90 Å². The van der Waals surface area contributed by atoms with Crippen molar-refractivity contribution in [1.29, 1.82) is 0 Å². The normalized spacial score (nSPS) is 20.1. The molecule has 1 aliphatic heterocycles. The quantitative estimate of drug-likeness (QED) is 0.571. The minimum Gasteiger partial charge on any atom is -0.467 e. The summed E-state index contributed by atoms with van der Waals surface area (Å²) >= 11 is 2.17. The van der Waals surface area contributed by atoms with Crippen LogP contribution in [-0.4, -0.2) is 48.8 Å². The molecule has 0 spiro atoms. The number of hydrogen-bond donors (Lipinski definition) is 0.